The molecule has 3 aromatic rings. The van der Waals surface area contributed by atoms with Crippen LogP contribution in [0, 0.1) is 13.8 Å². The third kappa shape index (κ3) is 4.38. The molecule has 0 saturated carbocycles. The maximum atomic E-state index is 13.4. The third-order valence-corrected chi connectivity index (χ3v) is 5.84. The second-order valence-electron chi connectivity index (χ2n) is 6.88. The van der Waals surface area contributed by atoms with Gasteiger partial charge >= 0.3 is 6.03 Å². The minimum Gasteiger partial charge on any atom is -0.338 e. The van der Waals surface area contributed by atoms with Crippen LogP contribution in [-0.2, 0) is 4.79 Å². The second kappa shape index (κ2) is 9.13. The number of nitrogens with zero attached hydrogens (tertiary/aromatic N) is 2. The minimum atomic E-state index is -0.642. The molecule has 30 heavy (non-hydrogen) atoms. The standard InChI is InChI=1S/C22H24N4O3S/c1-5-23-21(29)25-19(27)15(4)30-22-24-17-11-7-6-10-16(17)20(28)26(22)18-12-8-9-13(2)14(18)3/h6-12,15H,5H2,1-4H3,(H2,23,25,27,29)/t15-/m0/s1. The van der Waals surface area contributed by atoms with Crippen molar-refractivity contribution in [3.8, 4) is 5.69 Å². The van der Waals surface area contributed by atoms with Crippen LogP contribution in [0.25, 0.3) is 16.6 Å². The fourth-order valence-electron chi connectivity index (χ4n) is 3.01. The van der Waals surface area contributed by atoms with Crippen LogP contribution < -0.4 is 16.2 Å². The van der Waals surface area contributed by atoms with E-state index < -0.39 is 17.2 Å². The molecule has 2 N–H and O–H groups in total. The van der Waals surface area contributed by atoms with Crippen LogP contribution in [0.1, 0.15) is 25.0 Å². The Balaban J connectivity index is 2.09. The molecule has 0 aliphatic rings. The molecule has 1 aromatic heterocycles. The molecular weight excluding hydrogens is 400 g/mol. The number of hydrogen-bond acceptors (Lipinski definition) is 5. The minimum absolute atomic E-state index is 0.201. The van der Waals surface area contributed by atoms with E-state index in [2.05, 4.69) is 15.6 Å². The normalized spacial score (nSPS) is 11.9. The van der Waals surface area contributed by atoms with Crippen molar-refractivity contribution >= 4 is 34.6 Å². The van der Waals surface area contributed by atoms with Gasteiger partial charge in [-0.25, -0.2) is 9.78 Å². The Morgan fingerprint density at radius 2 is 1.87 bits per heavy atom. The molecule has 0 bridgehead atoms. The molecule has 3 rings (SSSR count). The molecule has 8 heteroatoms. The first-order valence-corrected chi connectivity index (χ1v) is 10.5. The van der Waals surface area contributed by atoms with Crippen molar-refractivity contribution in [2.45, 2.75) is 38.1 Å². The number of para-hydroxylation sites is 1. The van der Waals surface area contributed by atoms with E-state index in [-0.39, 0.29) is 5.56 Å². The van der Waals surface area contributed by atoms with Gasteiger partial charge in [0.1, 0.15) is 0 Å². The summed E-state index contributed by atoms with van der Waals surface area (Å²) in [5.41, 5.74) is 3.08. The van der Waals surface area contributed by atoms with Crippen LogP contribution in [0.15, 0.2) is 52.4 Å². The van der Waals surface area contributed by atoms with Crippen LogP contribution in [0.4, 0.5) is 4.79 Å². The zero-order valence-corrected chi connectivity index (χ0v) is 18.2. The molecule has 7 nitrogen and oxygen atoms in total. The number of benzene rings is 2. The topological polar surface area (TPSA) is 93.1 Å². The molecule has 1 heterocycles. The summed E-state index contributed by atoms with van der Waals surface area (Å²) >= 11 is 1.14. The van der Waals surface area contributed by atoms with Gasteiger partial charge in [-0.2, -0.15) is 0 Å². The van der Waals surface area contributed by atoms with Crippen molar-refractivity contribution in [1.82, 2.24) is 20.2 Å². The van der Waals surface area contributed by atoms with E-state index in [0.717, 1.165) is 28.6 Å². The molecule has 156 valence electrons. The number of fused-ring (bicyclic) bond motifs is 1. The molecule has 0 saturated heterocycles. The summed E-state index contributed by atoms with van der Waals surface area (Å²) in [4.78, 5) is 42.2. The van der Waals surface area contributed by atoms with Crippen molar-refractivity contribution in [2.75, 3.05) is 6.54 Å². The molecule has 2 aromatic carbocycles. The van der Waals surface area contributed by atoms with E-state index in [0.29, 0.717) is 22.6 Å². The van der Waals surface area contributed by atoms with Gasteiger partial charge in [0.05, 0.1) is 21.8 Å². The number of carbonyl (C=O) groups excluding carboxylic acids is 2. The van der Waals surface area contributed by atoms with Gasteiger partial charge < -0.3 is 5.32 Å². The zero-order chi connectivity index (χ0) is 21.8. The molecule has 0 unspecified atom stereocenters. The smallest absolute Gasteiger partial charge is 0.321 e. The van der Waals surface area contributed by atoms with Crippen molar-refractivity contribution in [1.29, 1.82) is 0 Å². The predicted octanol–water partition coefficient (Wildman–Crippen LogP) is 3.33. The number of amides is 3. The molecule has 3 amide bonds. The number of hydrogen-bond donors (Lipinski definition) is 2. The molecular formula is C22H24N4O3S. The van der Waals surface area contributed by atoms with Gasteiger partial charge in [0.2, 0.25) is 5.91 Å². The number of thioether (sulfide) groups is 1. The number of imide groups is 1. The number of urea groups is 1. The first-order valence-electron chi connectivity index (χ1n) is 9.67. The molecule has 1 atom stereocenters. The van der Waals surface area contributed by atoms with Crippen LogP contribution >= 0.6 is 11.8 Å². The number of nitrogens with one attached hydrogen (secondary N) is 2. The highest BCUT2D eigenvalue weighted by Gasteiger charge is 2.22. The molecule has 0 spiro atoms. The van der Waals surface area contributed by atoms with Crippen LogP contribution in [0.3, 0.4) is 0 Å². The number of aromatic nitrogens is 2. The Morgan fingerprint density at radius 1 is 1.13 bits per heavy atom. The van der Waals surface area contributed by atoms with E-state index in [1.807, 2.05) is 38.1 Å². The monoisotopic (exact) mass is 424 g/mol. The van der Waals surface area contributed by atoms with E-state index in [1.165, 1.54) is 0 Å². The average Bonchev–Trinajstić information content (AvgIpc) is 2.71. The molecule has 0 fully saturated rings. The van der Waals surface area contributed by atoms with E-state index in [4.69, 9.17) is 0 Å². The lowest BCUT2D eigenvalue weighted by Crippen LogP contribution is -2.42. The Kier molecular flexibility index (Phi) is 6.56. The third-order valence-electron chi connectivity index (χ3n) is 4.79. The second-order valence-corrected chi connectivity index (χ2v) is 8.19. The fourth-order valence-corrected chi connectivity index (χ4v) is 3.93. The lowest BCUT2D eigenvalue weighted by molar-refractivity contribution is -0.119. The summed E-state index contributed by atoms with van der Waals surface area (Å²) in [6.07, 6.45) is 0. The quantitative estimate of drug-likeness (QED) is 0.484. The molecule has 0 aliphatic heterocycles. The van der Waals surface area contributed by atoms with Crippen LogP contribution in [0.5, 0.6) is 0 Å². The Bertz CT molecular complexity index is 1170. The number of aryl methyl sites for hydroxylation is 1. The van der Waals surface area contributed by atoms with Gasteiger partial charge in [-0.15, -0.1) is 0 Å². The maximum Gasteiger partial charge on any atom is 0.321 e. The Morgan fingerprint density at radius 3 is 2.60 bits per heavy atom. The van der Waals surface area contributed by atoms with Crippen LogP contribution in [0.2, 0.25) is 0 Å². The Labute approximate surface area is 178 Å². The summed E-state index contributed by atoms with van der Waals surface area (Å²) in [6, 6.07) is 12.3. The van der Waals surface area contributed by atoms with Crippen molar-refractivity contribution < 1.29 is 9.59 Å². The summed E-state index contributed by atoms with van der Waals surface area (Å²) < 4.78 is 1.55. The van der Waals surface area contributed by atoms with Crippen molar-refractivity contribution in [3.63, 3.8) is 0 Å². The first kappa shape index (κ1) is 21.6. The fraction of sp³-hybridized carbons (Fsp3) is 0.273. The number of carbonyl (C=O) groups is 2. The van der Waals surface area contributed by atoms with E-state index in [9.17, 15) is 14.4 Å². The Hall–Kier alpha value is -3.13. The summed E-state index contributed by atoms with van der Waals surface area (Å²) in [5.74, 6) is -0.458. The van der Waals surface area contributed by atoms with Gasteiger partial charge in [-0.05, 0) is 57.0 Å². The maximum absolute atomic E-state index is 13.4. The number of rotatable bonds is 5. The lowest BCUT2D eigenvalue weighted by atomic mass is 10.1. The molecule has 0 radical (unpaired) electrons. The van der Waals surface area contributed by atoms with Gasteiger partial charge in [-0.1, -0.05) is 36.0 Å². The average molecular weight is 425 g/mol. The van der Waals surface area contributed by atoms with Crippen molar-refractivity contribution in [3.05, 3.63) is 63.9 Å². The van der Waals surface area contributed by atoms with Gasteiger partial charge in [0.15, 0.2) is 5.16 Å². The predicted molar refractivity (Wildman–Crippen MR) is 119 cm³/mol. The summed E-state index contributed by atoms with van der Waals surface area (Å²) in [7, 11) is 0. The highest BCUT2D eigenvalue weighted by atomic mass is 32.2. The van der Waals surface area contributed by atoms with E-state index >= 15 is 0 Å². The van der Waals surface area contributed by atoms with Crippen molar-refractivity contribution in [2.24, 2.45) is 0 Å². The van der Waals surface area contributed by atoms with Gasteiger partial charge in [-0.3, -0.25) is 19.5 Å². The zero-order valence-electron chi connectivity index (χ0n) is 17.4. The highest BCUT2D eigenvalue weighted by molar-refractivity contribution is 8.00. The van der Waals surface area contributed by atoms with Gasteiger partial charge in [0, 0.05) is 6.54 Å². The SMILES string of the molecule is CCNC(=O)NC(=O)[C@H](C)Sc1nc2ccccc2c(=O)n1-c1cccc(C)c1C. The first-order chi connectivity index (χ1) is 14.3. The van der Waals surface area contributed by atoms with Crippen LogP contribution in [-0.4, -0.2) is 33.3 Å². The van der Waals surface area contributed by atoms with Gasteiger partial charge in [0.25, 0.3) is 5.56 Å². The summed E-state index contributed by atoms with van der Waals surface area (Å²) in [6.45, 7) is 7.79. The highest BCUT2D eigenvalue weighted by Crippen LogP contribution is 2.27. The summed E-state index contributed by atoms with van der Waals surface area (Å²) in [5, 5.41) is 5.09. The lowest BCUT2D eigenvalue weighted by Gasteiger charge is -2.18. The van der Waals surface area contributed by atoms with E-state index in [1.54, 1.807) is 36.6 Å². The molecule has 0 aliphatic carbocycles. The largest absolute Gasteiger partial charge is 0.338 e.